The van der Waals surface area contributed by atoms with Crippen LogP contribution in [0.15, 0.2) is 40.8 Å². The van der Waals surface area contributed by atoms with Crippen molar-refractivity contribution in [3.05, 3.63) is 53.7 Å². The quantitative estimate of drug-likeness (QED) is 0.857. The number of hydrogen-bond acceptors (Lipinski definition) is 4. The predicted octanol–water partition coefficient (Wildman–Crippen LogP) is 2.89. The predicted molar refractivity (Wildman–Crippen MR) is 93.0 cm³/mol. The molecule has 3 rings (SSSR count). The zero-order valence-corrected chi connectivity index (χ0v) is 14.4. The van der Waals surface area contributed by atoms with Crippen molar-refractivity contribution in [3.8, 4) is 0 Å². The van der Waals surface area contributed by atoms with Gasteiger partial charge in [-0.3, -0.25) is 14.5 Å². The first-order chi connectivity index (χ1) is 12.4. The van der Waals surface area contributed by atoms with Crippen molar-refractivity contribution in [1.29, 1.82) is 0 Å². The summed E-state index contributed by atoms with van der Waals surface area (Å²) in [6.07, 6.45) is 0.274. The fourth-order valence-corrected chi connectivity index (χ4v) is 3.26. The monoisotopic (exact) mass is 360 g/mol. The van der Waals surface area contributed by atoms with Gasteiger partial charge in [0.05, 0.1) is 18.4 Å². The Kier molecular flexibility index (Phi) is 5.37. The molecule has 26 heavy (non-hydrogen) atoms. The standard InChI is InChI=1S/C19H21FN2O4/c1-12-2-7-17(26-12)11-22-9-13(8-14(10-22)19(24)25)18(23)21-16-5-3-15(20)4-6-16/h2-7,13-14H,8-11H2,1H3,(H,21,23)(H,24,25)/t13-,14-/m1/s1. The second-order valence-corrected chi connectivity index (χ2v) is 6.67. The molecule has 2 heterocycles. The van der Waals surface area contributed by atoms with E-state index in [4.69, 9.17) is 4.42 Å². The van der Waals surface area contributed by atoms with Crippen LogP contribution in [0.3, 0.4) is 0 Å². The van der Waals surface area contributed by atoms with Crippen LogP contribution in [0.4, 0.5) is 10.1 Å². The maximum atomic E-state index is 13.0. The lowest BCUT2D eigenvalue weighted by Crippen LogP contribution is -2.46. The van der Waals surface area contributed by atoms with E-state index in [1.165, 1.54) is 24.3 Å². The Morgan fingerprint density at radius 1 is 1.19 bits per heavy atom. The molecule has 1 aromatic carbocycles. The van der Waals surface area contributed by atoms with E-state index in [0.29, 0.717) is 25.3 Å². The third-order valence-corrected chi connectivity index (χ3v) is 4.53. The number of carboxylic acids is 1. The van der Waals surface area contributed by atoms with Gasteiger partial charge in [-0.1, -0.05) is 0 Å². The number of rotatable bonds is 5. The SMILES string of the molecule is Cc1ccc(CN2C[C@H](C(=O)O)C[C@@H](C(=O)Nc3ccc(F)cc3)C2)o1. The summed E-state index contributed by atoms with van der Waals surface area (Å²) >= 11 is 0. The fourth-order valence-electron chi connectivity index (χ4n) is 3.26. The number of carboxylic acid groups (broad SMARTS) is 1. The molecule has 138 valence electrons. The van der Waals surface area contributed by atoms with Gasteiger partial charge in [0.15, 0.2) is 0 Å². The maximum absolute atomic E-state index is 13.0. The van der Waals surface area contributed by atoms with Crippen LogP contribution < -0.4 is 5.32 Å². The first-order valence-corrected chi connectivity index (χ1v) is 8.47. The number of amides is 1. The highest BCUT2D eigenvalue weighted by Gasteiger charge is 2.35. The number of aryl methyl sites for hydroxylation is 1. The lowest BCUT2D eigenvalue weighted by atomic mass is 9.88. The van der Waals surface area contributed by atoms with Crippen LogP contribution in [0.5, 0.6) is 0 Å². The maximum Gasteiger partial charge on any atom is 0.307 e. The third-order valence-electron chi connectivity index (χ3n) is 4.53. The van der Waals surface area contributed by atoms with E-state index in [0.717, 1.165) is 11.5 Å². The summed E-state index contributed by atoms with van der Waals surface area (Å²) in [6.45, 7) is 3.11. The topological polar surface area (TPSA) is 82.8 Å². The molecule has 7 heteroatoms. The molecule has 1 amide bonds. The van der Waals surface area contributed by atoms with Crippen LogP contribution in [-0.2, 0) is 16.1 Å². The second-order valence-electron chi connectivity index (χ2n) is 6.67. The minimum atomic E-state index is -0.912. The summed E-state index contributed by atoms with van der Waals surface area (Å²) < 4.78 is 18.5. The number of halogens is 1. The lowest BCUT2D eigenvalue weighted by molar-refractivity contribution is -0.145. The highest BCUT2D eigenvalue weighted by Crippen LogP contribution is 2.25. The average molecular weight is 360 g/mol. The van der Waals surface area contributed by atoms with Gasteiger partial charge in [0.2, 0.25) is 5.91 Å². The Labute approximate surface area is 150 Å². The molecule has 2 N–H and O–H groups in total. The van der Waals surface area contributed by atoms with Gasteiger partial charge in [-0.15, -0.1) is 0 Å². The van der Waals surface area contributed by atoms with E-state index < -0.39 is 17.8 Å². The number of likely N-dealkylation sites (tertiary alicyclic amines) is 1. The van der Waals surface area contributed by atoms with Crippen molar-refractivity contribution >= 4 is 17.6 Å². The summed E-state index contributed by atoms with van der Waals surface area (Å²) in [4.78, 5) is 26.0. The van der Waals surface area contributed by atoms with Crippen LogP contribution in [0.2, 0.25) is 0 Å². The summed E-state index contributed by atoms with van der Waals surface area (Å²) in [6, 6.07) is 9.20. The molecule has 0 spiro atoms. The molecule has 0 saturated carbocycles. The van der Waals surface area contributed by atoms with Crippen molar-refractivity contribution in [2.75, 3.05) is 18.4 Å². The van der Waals surface area contributed by atoms with Gasteiger partial charge in [0, 0.05) is 18.8 Å². The molecular formula is C19H21FN2O4. The number of anilines is 1. The normalized spacial score (nSPS) is 20.7. The largest absolute Gasteiger partial charge is 0.481 e. The average Bonchev–Trinajstić information content (AvgIpc) is 3.01. The Balaban J connectivity index is 1.69. The number of piperidine rings is 1. The van der Waals surface area contributed by atoms with Crippen LogP contribution in [0, 0.1) is 24.6 Å². The highest BCUT2D eigenvalue weighted by atomic mass is 19.1. The number of furan rings is 1. The number of carbonyl (C=O) groups is 2. The first-order valence-electron chi connectivity index (χ1n) is 8.47. The number of benzene rings is 1. The van der Waals surface area contributed by atoms with Gasteiger partial charge < -0.3 is 14.8 Å². The molecule has 0 radical (unpaired) electrons. The number of aliphatic carboxylic acids is 1. The summed E-state index contributed by atoms with van der Waals surface area (Å²) in [7, 11) is 0. The Morgan fingerprint density at radius 3 is 2.50 bits per heavy atom. The Morgan fingerprint density at radius 2 is 1.88 bits per heavy atom. The molecule has 0 unspecified atom stereocenters. The number of carbonyl (C=O) groups excluding carboxylic acids is 1. The van der Waals surface area contributed by atoms with Crippen molar-refractivity contribution in [3.63, 3.8) is 0 Å². The van der Waals surface area contributed by atoms with Gasteiger partial charge in [-0.2, -0.15) is 0 Å². The molecule has 1 aliphatic rings. The van der Waals surface area contributed by atoms with Crippen LogP contribution in [-0.4, -0.2) is 35.0 Å². The van der Waals surface area contributed by atoms with Crippen molar-refractivity contribution < 1.29 is 23.5 Å². The minimum Gasteiger partial charge on any atom is -0.481 e. The summed E-state index contributed by atoms with van der Waals surface area (Å²) in [5.74, 6) is -1.11. The highest BCUT2D eigenvalue weighted by molar-refractivity contribution is 5.93. The van der Waals surface area contributed by atoms with Crippen molar-refractivity contribution in [1.82, 2.24) is 4.90 Å². The Bertz CT molecular complexity index is 787. The summed E-state index contributed by atoms with van der Waals surface area (Å²) in [5.41, 5.74) is 0.488. The number of nitrogens with zero attached hydrogens (tertiary/aromatic N) is 1. The third kappa shape index (κ3) is 4.49. The zero-order valence-electron chi connectivity index (χ0n) is 14.4. The van der Waals surface area contributed by atoms with Crippen LogP contribution in [0.25, 0.3) is 0 Å². The molecular weight excluding hydrogens is 339 g/mol. The van der Waals surface area contributed by atoms with Crippen LogP contribution in [0.1, 0.15) is 17.9 Å². The minimum absolute atomic E-state index is 0.261. The van der Waals surface area contributed by atoms with Gasteiger partial charge in [0.1, 0.15) is 17.3 Å². The van der Waals surface area contributed by atoms with E-state index in [1.807, 2.05) is 24.0 Å². The Hall–Kier alpha value is -2.67. The molecule has 2 aromatic rings. The number of nitrogens with one attached hydrogen (secondary N) is 1. The molecule has 2 atom stereocenters. The van der Waals surface area contributed by atoms with E-state index in [1.54, 1.807) is 0 Å². The van der Waals surface area contributed by atoms with Gasteiger partial charge >= 0.3 is 5.97 Å². The molecule has 6 nitrogen and oxygen atoms in total. The van der Waals surface area contributed by atoms with Gasteiger partial charge in [-0.05, 0) is 49.7 Å². The van der Waals surface area contributed by atoms with E-state index in [-0.39, 0.29) is 18.1 Å². The lowest BCUT2D eigenvalue weighted by Gasteiger charge is -2.35. The van der Waals surface area contributed by atoms with Gasteiger partial charge in [-0.25, -0.2) is 4.39 Å². The first kappa shape index (κ1) is 18.1. The van der Waals surface area contributed by atoms with Crippen molar-refractivity contribution in [2.45, 2.75) is 19.9 Å². The smallest absolute Gasteiger partial charge is 0.307 e. The van der Waals surface area contributed by atoms with E-state index in [9.17, 15) is 19.1 Å². The zero-order chi connectivity index (χ0) is 18.7. The van der Waals surface area contributed by atoms with E-state index >= 15 is 0 Å². The number of hydrogen-bond donors (Lipinski definition) is 2. The molecule has 1 aliphatic heterocycles. The molecule has 1 aromatic heterocycles. The van der Waals surface area contributed by atoms with Gasteiger partial charge in [0.25, 0.3) is 0 Å². The molecule has 0 bridgehead atoms. The molecule has 1 saturated heterocycles. The molecule has 0 aliphatic carbocycles. The second kappa shape index (κ2) is 7.70. The van der Waals surface area contributed by atoms with Crippen molar-refractivity contribution in [2.24, 2.45) is 11.8 Å². The van der Waals surface area contributed by atoms with Crippen LogP contribution >= 0.6 is 0 Å². The molecule has 1 fully saturated rings. The van der Waals surface area contributed by atoms with E-state index in [2.05, 4.69) is 5.32 Å². The summed E-state index contributed by atoms with van der Waals surface area (Å²) in [5, 5.41) is 12.2. The fraction of sp³-hybridized carbons (Fsp3) is 0.368.